The zero-order chi connectivity index (χ0) is 11.9. The van der Waals surface area contributed by atoms with Gasteiger partial charge in [0.15, 0.2) is 5.16 Å². The third kappa shape index (κ3) is 4.14. The molecule has 0 unspecified atom stereocenters. The molecule has 0 aliphatic heterocycles. The molecule has 0 saturated carbocycles. The molecular formula is C11H16N4S2. The summed E-state index contributed by atoms with van der Waals surface area (Å²) in [6.45, 7) is 2.04. The van der Waals surface area contributed by atoms with Crippen molar-refractivity contribution in [2.24, 2.45) is 7.05 Å². The van der Waals surface area contributed by atoms with Crippen molar-refractivity contribution in [3.8, 4) is 0 Å². The van der Waals surface area contributed by atoms with Crippen LogP contribution in [0.1, 0.15) is 5.56 Å². The van der Waals surface area contributed by atoms with Gasteiger partial charge < -0.3 is 9.88 Å². The number of hydrogen-bond donors (Lipinski definition) is 1. The number of nitrogens with zero attached hydrogens (tertiary/aromatic N) is 3. The molecule has 92 valence electrons. The first-order chi connectivity index (χ1) is 8.36. The van der Waals surface area contributed by atoms with Crippen LogP contribution in [0.15, 0.2) is 28.3 Å². The van der Waals surface area contributed by atoms with E-state index in [1.165, 1.54) is 5.56 Å². The van der Waals surface area contributed by atoms with E-state index in [1.54, 1.807) is 29.4 Å². The van der Waals surface area contributed by atoms with E-state index in [9.17, 15) is 0 Å². The Morgan fingerprint density at radius 2 is 2.41 bits per heavy atom. The molecule has 0 aliphatic rings. The standard InChI is InChI=1S/C11H16N4S2/c1-15-9-13-14-11(15)17-7-5-12-4-2-10-3-6-16-8-10/h3,6,8-9,12H,2,4-5,7H2,1H3. The maximum atomic E-state index is 4.02. The fourth-order valence-electron chi connectivity index (χ4n) is 1.41. The minimum atomic E-state index is 0.977. The molecule has 1 N–H and O–H groups in total. The summed E-state index contributed by atoms with van der Waals surface area (Å²) in [6.07, 6.45) is 2.84. The van der Waals surface area contributed by atoms with Gasteiger partial charge in [-0.05, 0) is 35.4 Å². The Kier molecular flexibility index (Phi) is 5.03. The fourth-order valence-corrected chi connectivity index (χ4v) is 2.90. The lowest BCUT2D eigenvalue weighted by Crippen LogP contribution is -2.20. The van der Waals surface area contributed by atoms with Crippen LogP contribution in [0.5, 0.6) is 0 Å². The van der Waals surface area contributed by atoms with Gasteiger partial charge in [0.25, 0.3) is 0 Å². The highest BCUT2D eigenvalue weighted by molar-refractivity contribution is 7.99. The molecule has 0 spiro atoms. The summed E-state index contributed by atoms with van der Waals surface area (Å²) < 4.78 is 1.94. The highest BCUT2D eigenvalue weighted by Crippen LogP contribution is 2.11. The van der Waals surface area contributed by atoms with Gasteiger partial charge in [-0.15, -0.1) is 10.2 Å². The minimum Gasteiger partial charge on any atom is -0.316 e. The average Bonchev–Trinajstić information content (AvgIpc) is 2.95. The second kappa shape index (κ2) is 6.78. The third-order valence-electron chi connectivity index (χ3n) is 2.35. The molecule has 17 heavy (non-hydrogen) atoms. The molecule has 2 aromatic rings. The van der Waals surface area contributed by atoms with Crippen LogP contribution < -0.4 is 5.32 Å². The first kappa shape index (κ1) is 12.6. The maximum Gasteiger partial charge on any atom is 0.190 e. The second-order valence-electron chi connectivity index (χ2n) is 3.70. The van der Waals surface area contributed by atoms with Gasteiger partial charge in [0.1, 0.15) is 6.33 Å². The predicted molar refractivity (Wildman–Crippen MR) is 72.6 cm³/mol. The number of aromatic nitrogens is 3. The van der Waals surface area contributed by atoms with Crippen molar-refractivity contribution in [1.82, 2.24) is 20.1 Å². The van der Waals surface area contributed by atoms with Gasteiger partial charge in [0.2, 0.25) is 0 Å². The minimum absolute atomic E-state index is 0.977. The van der Waals surface area contributed by atoms with Crippen LogP contribution in [0.4, 0.5) is 0 Å². The first-order valence-electron chi connectivity index (χ1n) is 5.55. The van der Waals surface area contributed by atoms with Gasteiger partial charge in [0, 0.05) is 19.3 Å². The average molecular weight is 268 g/mol. The number of aryl methyl sites for hydroxylation is 1. The van der Waals surface area contributed by atoms with Crippen molar-refractivity contribution < 1.29 is 0 Å². The number of hydrogen-bond acceptors (Lipinski definition) is 5. The summed E-state index contributed by atoms with van der Waals surface area (Å²) in [6, 6.07) is 2.18. The molecule has 4 nitrogen and oxygen atoms in total. The van der Waals surface area contributed by atoms with Gasteiger partial charge in [0.05, 0.1) is 0 Å². The summed E-state index contributed by atoms with van der Waals surface area (Å²) in [4.78, 5) is 0. The topological polar surface area (TPSA) is 42.7 Å². The van der Waals surface area contributed by atoms with Gasteiger partial charge >= 0.3 is 0 Å². The van der Waals surface area contributed by atoms with Gasteiger partial charge in [-0.1, -0.05) is 11.8 Å². The van der Waals surface area contributed by atoms with Crippen molar-refractivity contribution in [3.63, 3.8) is 0 Å². The van der Waals surface area contributed by atoms with Crippen molar-refractivity contribution in [2.75, 3.05) is 18.8 Å². The molecule has 0 atom stereocenters. The van der Waals surface area contributed by atoms with E-state index >= 15 is 0 Å². The molecule has 0 saturated heterocycles. The molecular weight excluding hydrogens is 252 g/mol. The summed E-state index contributed by atoms with van der Waals surface area (Å²) >= 11 is 3.49. The molecule has 0 aliphatic carbocycles. The largest absolute Gasteiger partial charge is 0.316 e. The molecule has 6 heteroatoms. The van der Waals surface area contributed by atoms with E-state index in [0.717, 1.165) is 30.4 Å². The van der Waals surface area contributed by atoms with Crippen LogP contribution in [0.3, 0.4) is 0 Å². The van der Waals surface area contributed by atoms with Gasteiger partial charge in [-0.2, -0.15) is 11.3 Å². The number of thioether (sulfide) groups is 1. The Labute approximate surface area is 109 Å². The van der Waals surface area contributed by atoms with Gasteiger partial charge in [-0.3, -0.25) is 0 Å². The Morgan fingerprint density at radius 3 is 3.12 bits per heavy atom. The van der Waals surface area contributed by atoms with E-state index < -0.39 is 0 Å². The Morgan fingerprint density at radius 1 is 1.47 bits per heavy atom. The molecule has 0 fully saturated rings. The van der Waals surface area contributed by atoms with E-state index in [0.29, 0.717) is 0 Å². The molecule has 0 radical (unpaired) electrons. The molecule has 2 aromatic heterocycles. The SMILES string of the molecule is Cn1cnnc1SCCNCCc1ccsc1. The van der Waals surface area contributed by atoms with Crippen LogP contribution in [-0.2, 0) is 13.5 Å². The second-order valence-corrected chi connectivity index (χ2v) is 5.55. The molecule has 0 amide bonds. The van der Waals surface area contributed by atoms with Crippen molar-refractivity contribution in [1.29, 1.82) is 0 Å². The van der Waals surface area contributed by atoms with Crippen LogP contribution in [0, 0.1) is 0 Å². The molecule has 0 aromatic carbocycles. The molecule has 0 bridgehead atoms. The Hall–Kier alpha value is -0.850. The Balaban J connectivity index is 1.54. The smallest absolute Gasteiger partial charge is 0.190 e. The van der Waals surface area contributed by atoms with Crippen molar-refractivity contribution in [3.05, 3.63) is 28.7 Å². The van der Waals surface area contributed by atoms with Crippen LogP contribution >= 0.6 is 23.1 Å². The normalized spacial score (nSPS) is 10.9. The molecule has 2 rings (SSSR count). The molecule has 2 heterocycles. The van der Waals surface area contributed by atoms with Crippen molar-refractivity contribution in [2.45, 2.75) is 11.6 Å². The van der Waals surface area contributed by atoms with E-state index in [1.807, 2.05) is 11.6 Å². The van der Waals surface area contributed by atoms with E-state index in [4.69, 9.17) is 0 Å². The van der Waals surface area contributed by atoms with E-state index in [-0.39, 0.29) is 0 Å². The van der Waals surface area contributed by atoms with Crippen LogP contribution in [-0.4, -0.2) is 33.6 Å². The lowest BCUT2D eigenvalue weighted by molar-refractivity contribution is 0.719. The summed E-state index contributed by atoms with van der Waals surface area (Å²) in [5, 5.41) is 16.6. The maximum absolute atomic E-state index is 4.02. The Bertz CT molecular complexity index is 424. The van der Waals surface area contributed by atoms with Crippen LogP contribution in [0.2, 0.25) is 0 Å². The lowest BCUT2D eigenvalue weighted by Gasteiger charge is -2.03. The summed E-state index contributed by atoms with van der Waals surface area (Å²) in [5.41, 5.74) is 1.42. The number of nitrogens with one attached hydrogen (secondary N) is 1. The van der Waals surface area contributed by atoms with Crippen molar-refractivity contribution >= 4 is 23.1 Å². The highest BCUT2D eigenvalue weighted by Gasteiger charge is 2.00. The summed E-state index contributed by atoms with van der Waals surface area (Å²) in [5.74, 6) is 1.02. The summed E-state index contributed by atoms with van der Waals surface area (Å²) in [7, 11) is 1.96. The van der Waals surface area contributed by atoms with Crippen LogP contribution in [0.25, 0.3) is 0 Å². The zero-order valence-corrected chi connectivity index (χ0v) is 11.4. The zero-order valence-electron chi connectivity index (χ0n) is 9.80. The number of thiophene rings is 1. The highest BCUT2D eigenvalue weighted by atomic mass is 32.2. The monoisotopic (exact) mass is 268 g/mol. The van der Waals surface area contributed by atoms with Gasteiger partial charge in [-0.25, -0.2) is 0 Å². The quantitative estimate of drug-likeness (QED) is 0.614. The predicted octanol–water partition coefficient (Wildman–Crippen LogP) is 1.80. The lowest BCUT2D eigenvalue weighted by atomic mass is 10.2. The third-order valence-corrected chi connectivity index (χ3v) is 4.12. The fraction of sp³-hybridized carbons (Fsp3) is 0.455. The first-order valence-corrected chi connectivity index (χ1v) is 7.47. The number of rotatable bonds is 7. The van der Waals surface area contributed by atoms with E-state index in [2.05, 4.69) is 32.3 Å².